The fourth-order valence-electron chi connectivity index (χ4n) is 1.43. The van der Waals surface area contributed by atoms with Crippen LogP contribution < -0.4 is 0 Å². The minimum absolute atomic E-state index is 0.0118. The summed E-state index contributed by atoms with van der Waals surface area (Å²) >= 11 is 0. The van der Waals surface area contributed by atoms with Gasteiger partial charge in [0, 0.05) is 12.5 Å². The highest BCUT2D eigenvalue weighted by Crippen LogP contribution is 2.36. The van der Waals surface area contributed by atoms with E-state index in [0.29, 0.717) is 0 Å². The number of hydrogen-bond donors (Lipinski definition) is 1. The molecule has 76 valence electrons. The lowest BCUT2D eigenvalue weighted by atomic mass is 9.97. The van der Waals surface area contributed by atoms with Gasteiger partial charge >= 0.3 is 12.1 Å². The van der Waals surface area contributed by atoms with Crippen LogP contribution in [0.2, 0.25) is 0 Å². The van der Waals surface area contributed by atoms with Crippen molar-refractivity contribution >= 4 is 5.97 Å². The lowest BCUT2D eigenvalue weighted by Gasteiger charge is -2.19. The third-order valence-corrected chi connectivity index (χ3v) is 1.97. The van der Waals surface area contributed by atoms with Gasteiger partial charge in [0.25, 0.3) is 0 Å². The summed E-state index contributed by atoms with van der Waals surface area (Å²) in [7, 11) is 0. The molecule has 0 radical (unpaired) electrons. The summed E-state index contributed by atoms with van der Waals surface area (Å²) in [5.74, 6) is -2.15. The Morgan fingerprint density at radius 2 is 2.15 bits per heavy atom. The summed E-state index contributed by atoms with van der Waals surface area (Å²) < 4.78 is 40.9. The van der Waals surface area contributed by atoms with Crippen molar-refractivity contribution in [1.29, 1.82) is 0 Å². The van der Waals surface area contributed by atoms with Gasteiger partial charge in [-0.05, 0) is 6.42 Å². The average molecular weight is 198 g/mol. The van der Waals surface area contributed by atoms with Crippen molar-refractivity contribution in [2.24, 2.45) is 5.92 Å². The summed E-state index contributed by atoms with van der Waals surface area (Å²) in [6, 6.07) is 0. The molecule has 0 aromatic carbocycles. The highest BCUT2D eigenvalue weighted by atomic mass is 19.4. The zero-order valence-electron chi connectivity index (χ0n) is 6.67. The van der Waals surface area contributed by atoms with E-state index in [1.165, 1.54) is 0 Å². The van der Waals surface area contributed by atoms with E-state index in [4.69, 9.17) is 5.11 Å². The average Bonchev–Trinajstić information content (AvgIpc) is 2.31. The van der Waals surface area contributed by atoms with Crippen molar-refractivity contribution in [1.82, 2.24) is 0 Å². The normalized spacial score (nSPS) is 29.2. The van der Waals surface area contributed by atoms with Gasteiger partial charge in [0.15, 0.2) is 6.10 Å². The number of carbonyl (C=O) groups is 1. The van der Waals surface area contributed by atoms with E-state index >= 15 is 0 Å². The Morgan fingerprint density at radius 3 is 2.62 bits per heavy atom. The number of rotatable bonds is 2. The highest BCUT2D eigenvalue weighted by Gasteiger charge is 2.48. The topological polar surface area (TPSA) is 46.5 Å². The van der Waals surface area contributed by atoms with Crippen LogP contribution in [0.25, 0.3) is 0 Å². The van der Waals surface area contributed by atoms with E-state index in [2.05, 4.69) is 4.74 Å². The maximum absolute atomic E-state index is 12.1. The molecular formula is C7H9F3O3. The van der Waals surface area contributed by atoms with Crippen molar-refractivity contribution in [3.05, 3.63) is 0 Å². The maximum Gasteiger partial charge on any atom is 0.414 e. The fourth-order valence-corrected chi connectivity index (χ4v) is 1.43. The van der Waals surface area contributed by atoms with E-state index in [1.54, 1.807) is 0 Å². The Kier molecular flexibility index (Phi) is 2.80. The number of carboxylic acids is 1. The molecule has 0 aliphatic carbocycles. The standard InChI is InChI=1S/C7H9F3O3/c8-7(9,10)6-4(1-2-13-6)3-5(11)12/h4,6H,1-3H2,(H,11,12)/t4-,6-/m1/s1. The smallest absolute Gasteiger partial charge is 0.414 e. The van der Waals surface area contributed by atoms with Gasteiger partial charge in [0.1, 0.15) is 0 Å². The van der Waals surface area contributed by atoms with Crippen LogP contribution >= 0.6 is 0 Å². The molecule has 1 aliphatic rings. The molecule has 0 aromatic rings. The van der Waals surface area contributed by atoms with Crippen LogP contribution in [0.1, 0.15) is 12.8 Å². The van der Waals surface area contributed by atoms with Crippen LogP contribution in [0.5, 0.6) is 0 Å². The second kappa shape index (κ2) is 3.53. The van der Waals surface area contributed by atoms with Gasteiger partial charge in [-0.25, -0.2) is 0 Å². The highest BCUT2D eigenvalue weighted by molar-refractivity contribution is 5.67. The Hall–Kier alpha value is -0.780. The fraction of sp³-hybridized carbons (Fsp3) is 0.857. The van der Waals surface area contributed by atoms with E-state index < -0.39 is 30.6 Å². The number of alkyl halides is 3. The van der Waals surface area contributed by atoms with Gasteiger partial charge in [0.2, 0.25) is 0 Å². The van der Waals surface area contributed by atoms with Gasteiger partial charge in [-0.15, -0.1) is 0 Å². The molecule has 1 saturated heterocycles. The molecule has 0 bridgehead atoms. The number of carboxylic acid groups (broad SMARTS) is 1. The van der Waals surface area contributed by atoms with Crippen molar-refractivity contribution in [2.45, 2.75) is 25.1 Å². The molecule has 1 N–H and O–H groups in total. The van der Waals surface area contributed by atoms with Gasteiger partial charge in [-0.3, -0.25) is 4.79 Å². The monoisotopic (exact) mass is 198 g/mol. The van der Waals surface area contributed by atoms with E-state index in [9.17, 15) is 18.0 Å². The molecular weight excluding hydrogens is 189 g/mol. The SMILES string of the molecule is O=C(O)C[C@H]1CCO[C@H]1C(F)(F)F. The van der Waals surface area contributed by atoms with Crippen LogP contribution in [0.4, 0.5) is 13.2 Å². The maximum atomic E-state index is 12.1. The van der Waals surface area contributed by atoms with Gasteiger partial charge in [0.05, 0.1) is 6.42 Å². The molecule has 0 saturated carbocycles. The van der Waals surface area contributed by atoms with Crippen LogP contribution in [-0.4, -0.2) is 30.0 Å². The number of hydrogen-bond acceptors (Lipinski definition) is 2. The molecule has 3 nitrogen and oxygen atoms in total. The van der Waals surface area contributed by atoms with Crippen molar-refractivity contribution < 1.29 is 27.8 Å². The predicted molar refractivity (Wildman–Crippen MR) is 36.2 cm³/mol. The summed E-state index contributed by atoms with van der Waals surface area (Å²) in [6.45, 7) is -0.0118. The Bertz CT molecular complexity index is 202. The van der Waals surface area contributed by atoms with Crippen molar-refractivity contribution in [3.63, 3.8) is 0 Å². The first kappa shape index (κ1) is 10.3. The van der Waals surface area contributed by atoms with E-state index in [1.807, 2.05) is 0 Å². The third kappa shape index (κ3) is 2.58. The molecule has 6 heteroatoms. The Morgan fingerprint density at radius 1 is 1.54 bits per heavy atom. The quantitative estimate of drug-likeness (QED) is 0.730. The molecule has 1 rings (SSSR count). The number of ether oxygens (including phenoxy) is 1. The largest absolute Gasteiger partial charge is 0.481 e. The zero-order chi connectivity index (χ0) is 10.1. The zero-order valence-corrected chi connectivity index (χ0v) is 6.67. The first-order valence-corrected chi connectivity index (χ1v) is 3.81. The van der Waals surface area contributed by atoms with Crippen LogP contribution in [-0.2, 0) is 9.53 Å². The first-order chi connectivity index (χ1) is 5.91. The van der Waals surface area contributed by atoms with Gasteiger partial charge in [-0.1, -0.05) is 0 Å². The molecule has 1 fully saturated rings. The summed E-state index contributed by atoms with van der Waals surface area (Å²) in [5, 5.41) is 8.33. The van der Waals surface area contributed by atoms with Crippen LogP contribution in [0.15, 0.2) is 0 Å². The first-order valence-electron chi connectivity index (χ1n) is 3.81. The predicted octanol–water partition coefficient (Wildman–Crippen LogP) is 1.43. The molecule has 0 aromatic heterocycles. The summed E-state index contributed by atoms with van der Waals surface area (Å²) in [5.41, 5.74) is 0. The second-order valence-corrected chi connectivity index (χ2v) is 2.98. The van der Waals surface area contributed by atoms with Crippen LogP contribution in [0, 0.1) is 5.92 Å². The van der Waals surface area contributed by atoms with Gasteiger partial charge in [-0.2, -0.15) is 13.2 Å². The molecule has 0 amide bonds. The molecule has 13 heavy (non-hydrogen) atoms. The molecule has 1 heterocycles. The van der Waals surface area contributed by atoms with E-state index in [0.717, 1.165) is 0 Å². The minimum Gasteiger partial charge on any atom is -0.481 e. The third-order valence-electron chi connectivity index (χ3n) is 1.97. The molecule has 0 spiro atoms. The van der Waals surface area contributed by atoms with E-state index in [-0.39, 0.29) is 13.0 Å². The number of aliphatic carboxylic acids is 1. The van der Waals surface area contributed by atoms with Gasteiger partial charge < -0.3 is 9.84 Å². The van der Waals surface area contributed by atoms with Crippen molar-refractivity contribution in [2.75, 3.05) is 6.61 Å². The second-order valence-electron chi connectivity index (χ2n) is 2.98. The lowest BCUT2D eigenvalue weighted by molar-refractivity contribution is -0.217. The minimum atomic E-state index is -4.45. The summed E-state index contributed by atoms with van der Waals surface area (Å²) in [4.78, 5) is 10.2. The Balaban J connectivity index is 2.59. The molecule has 1 aliphatic heterocycles. The summed E-state index contributed by atoms with van der Waals surface area (Å²) in [6.07, 6.45) is -6.67. The Labute approximate surface area is 72.5 Å². The van der Waals surface area contributed by atoms with Crippen LogP contribution in [0.3, 0.4) is 0 Å². The van der Waals surface area contributed by atoms with Crippen molar-refractivity contribution in [3.8, 4) is 0 Å². The molecule has 0 unspecified atom stereocenters. The lowest BCUT2D eigenvalue weighted by Crippen LogP contribution is -2.34. The molecule has 2 atom stereocenters. The number of halogens is 3.